The van der Waals surface area contributed by atoms with Gasteiger partial charge in [0.25, 0.3) is 5.91 Å². The number of hydrogen-bond acceptors (Lipinski definition) is 4. The lowest BCUT2D eigenvalue weighted by Crippen LogP contribution is -2.41. The number of para-hydroxylation sites is 1. The summed E-state index contributed by atoms with van der Waals surface area (Å²) in [5, 5.41) is 5.83. The molecule has 0 bridgehead atoms. The molecule has 6 heteroatoms. The number of aryl methyl sites for hydroxylation is 2. The van der Waals surface area contributed by atoms with Crippen molar-refractivity contribution in [2.24, 2.45) is 5.10 Å². The third kappa shape index (κ3) is 4.16. The summed E-state index contributed by atoms with van der Waals surface area (Å²) < 4.78 is 5.43. The van der Waals surface area contributed by atoms with Gasteiger partial charge in [-0.1, -0.05) is 30.3 Å². The number of carbonyl (C=O) groups excluding carboxylic acids is 2. The number of amides is 2. The van der Waals surface area contributed by atoms with Crippen molar-refractivity contribution in [1.82, 2.24) is 4.90 Å². The SMILES string of the molecule is COc1ccccc1C(C)N(C)C(=O)C1=NN(c2cc(C)ccc2C)C(=O)CC1. The normalized spacial score (nSPS) is 15.0. The van der Waals surface area contributed by atoms with Gasteiger partial charge in [0.2, 0.25) is 5.91 Å². The van der Waals surface area contributed by atoms with Crippen LogP contribution in [0.3, 0.4) is 0 Å². The molecule has 0 aliphatic carbocycles. The first-order chi connectivity index (χ1) is 13.8. The predicted molar refractivity (Wildman–Crippen MR) is 114 cm³/mol. The van der Waals surface area contributed by atoms with E-state index in [1.165, 1.54) is 5.01 Å². The van der Waals surface area contributed by atoms with Crippen molar-refractivity contribution >= 4 is 23.2 Å². The van der Waals surface area contributed by atoms with E-state index in [4.69, 9.17) is 4.74 Å². The van der Waals surface area contributed by atoms with Crippen LogP contribution in [0.25, 0.3) is 0 Å². The van der Waals surface area contributed by atoms with Gasteiger partial charge in [-0.15, -0.1) is 0 Å². The van der Waals surface area contributed by atoms with Crippen molar-refractivity contribution in [2.75, 3.05) is 19.2 Å². The minimum Gasteiger partial charge on any atom is -0.496 e. The van der Waals surface area contributed by atoms with Crippen LogP contribution < -0.4 is 9.75 Å². The molecule has 1 atom stereocenters. The van der Waals surface area contributed by atoms with E-state index in [1.54, 1.807) is 19.1 Å². The van der Waals surface area contributed by atoms with E-state index >= 15 is 0 Å². The lowest BCUT2D eigenvalue weighted by atomic mass is 10.0. The number of anilines is 1. The Kier molecular flexibility index (Phi) is 6.01. The number of ether oxygens (including phenoxy) is 1. The average molecular weight is 393 g/mol. The Morgan fingerprint density at radius 1 is 1.17 bits per heavy atom. The molecular weight excluding hydrogens is 366 g/mol. The molecule has 29 heavy (non-hydrogen) atoms. The highest BCUT2D eigenvalue weighted by molar-refractivity contribution is 6.40. The first-order valence-electron chi connectivity index (χ1n) is 9.71. The van der Waals surface area contributed by atoms with Gasteiger partial charge in [-0.05, 0) is 44.0 Å². The summed E-state index contributed by atoms with van der Waals surface area (Å²) in [4.78, 5) is 27.3. The van der Waals surface area contributed by atoms with E-state index in [2.05, 4.69) is 5.10 Å². The van der Waals surface area contributed by atoms with Crippen molar-refractivity contribution in [3.05, 3.63) is 59.2 Å². The van der Waals surface area contributed by atoms with Crippen LogP contribution in [-0.4, -0.2) is 36.6 Å². The molecule has 3 rings (SSSR count). The molecule has 0 aromatic heterocycles. The number of hydrazone groups is 1. The summed E-state index contributed by atoms with van der Waals surface area (Å²) in [5.74, 6) is 0.444. The second kappa shape index (κ2) is 8.47. The molecule has 1 aliphatic heterocycles. The van der Waals surface area contributed by atoms with E-state index in [9.17, 15) is 9.59 Å². The number of carbonyl (C=O) groups is 2. The zero-order valence-corrected chi connectivity index (χ0v) is 17.6. The van der Waals surface area contributed by atoms with Gasteiger partial charge in [0.15, 0.2) is 0 Å². The maximum atomic E-state index is 13.2. The Hall–Kier alpha value is -3.15. The van der Waals surface area contributed by atoms with E-state index in [-0.39, 0.29) is 24.3 Å². The second-order valence-electron chi connectivity index (χ2n) is 7.38. The monoisotopic (exact) mass is 393 g/mol. The molecule has 0 saturated carbocycles. The maximum Gasteiger partial charge on any atom is 0.270 e. The van der Waals surface area contributed by atoms with E-state index in [0.717, 1.165) is 28.1 Å². The maximum absolute atomic E-state index is 13.2. The molecular formula is C23H27N3O3. The molecule has 1 heterocycles. The third-order valence-corrected chi connectivity index (χ3v) is 5.36. The Morgan fingerprint density at radius 2 is 1.90 bits per heavy atom. The number of methoxy groups -OCH3 is 1. The van der Waals surface area contributed by atoms with Gasteiger partial charge in [0.1, 0.15) is 11.5 Å². The highest BCUT2D eigenvalue weighted by Crippen LogP contribution is 2.30. The Bertz CT molecular complexity index is 968. The van der Waals surface area contributed by atoms with Crippen molar-refractivity contribution in [3.8, 4) is 5.75 Å². The smallest absolute Gasteiger partial charge is 0.270 e. The Labute approximate surface area is 171 Å². The summed E-state index contributed by atoms with van der Waals surface area (Å²) in [5.41, 5.74) is 4.01. The molecule has 1 unspecified atom stereocenters. The fourth-order valence-corrected chi connectivity index (χ4v) is 3.44. The fourth-order valence-electron chi connectivity index (χ4n) is 3.44. The van der Waals surface area contributed by atoms with Gasteiger partial charge in [-0.3, -0.25) is 9.59 Å². The van der Waals surface area contributed by atoms with E-state index in [0.29, 0.717) is 12.1 Å². The topological polar surface area (TPSA) is 62.2 Å². The average Bonchev–Trinajstić information content (AvgIpc) is 2.74. The van der Waals surface area contributed by atoms with Crippen LogP contribution in [-0.2, 0) is 9.59 Å². The van der Waals surface area contributed by atoms with Gasteiger partial charge >= 0.3 is 0 Å². The van der Waals surface area contributed by atoms with Crippen molar-refractivity contribution in [2.45, 2.75) is 39.7 Å². The molecule has 0 radical (unpaired) electrons. The summed E-state index contributed by atoms with van der Waals surface area (Å²) in [6, 6.07) is 13.3. The first-order valence-corrected chi connectivity index (χ1v) is 9.71. The quantitative estimate of drug-likeness (QED) is 0.771. The summed E-state index contributed by atoms with van der Waals surface area (Å²) >= 11 is 0. The molecule has 2 aromatic carbocycles. The Morgan fingerprint density at radius 3 is 2.62 bits per heavy atom. The van der Waals surface area contributed by atoms with Gasteiger partial charge in [0, 0.05) is 25.5 Å². The molecule has 2 aromatic rings. The zero-order valence-electron chi connectivity index (χ0n) is 17.6. The molecule has 6 nitrogen and oxygen atoms in total. The van der Waals surface area contributed by atoms with Crippen LogP contribution in [0.5, 0.6) is 5.75 Å². The van der Waals surface area contributed by atoms with Crippen LogP contribution in [0.4, 0.5) is 5.69 Å². The summed E-state index contributed by atoms with van der Waals surface area (Å²) in [6.45, 7) is 5.85. The molecule has 2 amide bonds. The minimum atomic E-state index is -0.201. The first kappa shape index (κ1) is 20.6. The minimum absolute atomic E-state index is 0.101. The molecule has 0 saturated heterocycles. The lowest BCUT2D eigenvalue weighted by Gasteiger charge is -2.30. The highest BCUT2D eigenvalue weighted by atomic mass is 16.5. The van der Waals surface area contributed by atoms with Crippen LogP contribution in [0.15, 0.2) is 47.6 Å². The van der Waals surface area contributed by atoms with Crippen molar-refractivity contribution in [3.63, 3.8) is 0 Å². The number of hydrogen-bond donors (Lipinski definition) is 0. The second-order valence-corrected chi connectivity index (χ2v) is 7.38. The summed E-state index contributed by atoms with van der Waals surface area (Å²) in [7, 11) is 3.37. The molecule has 0 spiro atoms. The van der Waals surface area contributed by atoms with Gasteiger partial charge in [0.05, 0.1) is 18.8 Å². The highest BCUT2D eigenvalue weighted by Gasteiger charge is 2.30. The fraction of sp³-hybridized carbons (Fsp3) is 0.348. The van der Waals surface area contributed by atoms with E-state index < -0.39 is 0 Å². The molecule has 0 N–H and O–H groups in total. The number of rotatable bonds is 5. The van der Waals surface area contributed by atoms with Crippen molar-refractivity contribution in [1.29, 1.82) is 0 Å². The van der Waals surface area contributed by atoms with Crippen LogP contribution in [0.2, 0.25) is 0 Å². The van der Waals surface area contributed by atoms with Crippen LogP contribution in [0, 0.1) is 13.8 Å². The lowest BCUT2D eigenvalue weighted by molar-refractivity contribution is -0.125. The van der Waals surface area contributed by atoms with E-state index in [1.807, 2.05) is 63.2 Å². The zero-order chi connectivity index (χ0) is 21.1. The van der Waals surface area contributed by atoms with Crippen molar-refractivity contribution < 1.29 is 14.3 Å². The van der Waals surface area contributed by atoms with Gasteiger partial charge in [-0.25, -0.2) is 5.01 Å². The summed E-state index contributed by atoms with van der Waals surface area (Å²) in [6.07, 6.45) is 0.594. The van der Waals surface area contributed by atoms with Gasteiger partial charge in [-0.2, -0.15) is 5.10 Å². The van der Waals surface area contributed by atoms with Crippen LogP contribution in [0.1, 0.15) is 42.5 Å². The Balaban J connectivity index is 1.89. The van der Waals surface area contributed by atoms with Crippen LogP contribution >= 0.6 is 0 Å². The molecule has 1 aliphatic rings. The number of benzene rings is 2. The predicted octanol–water partition coefficient (Wildman–Crippen LogP) is 4.01. The largest absolute Gasteiger partial charge is 0.496 e. The molecule has 152 valence electrons. The van der Waals surface area contributed by atoms with Gasteiger partial charge < -0.3 is 9.64 Å². The molecule has 0 fully saturated rings. The number of nitrogens with zero attached hydrogens (tertiary/aromatic N) is 3. The third-order valence-electron chi connectivity index (χ3n) is 5.36. The standard InChI is InChI=1S/C23H27N3O3/c1-15-10-11-16(2)20(14-15)26-22(27)13-12-19(24-26)23(28)25(4)17(3)18-8-6-7-9-21(18)29-5/h6-11,14,17H,12-13H2,1-5H3.